The number of carboxylic acid groups (broad SMARTS) is 1. The molecule has 0 bridgehead atoms. The molecule has 0 radical (unpaired) electrons. The van der Waals surface area contributed by atoms with E-state index in [1.165, 1.54) is 0 Å². The van der Waals surface area contributed by atoms with Gasteiger partial charge in [-0.05, 0) is 13.0 Å². The summed E-state index contributed by atoms with van der Waals surface area (Å²) in [4.78, 5) is 18.7. The number of carboxylic acids is 1. The quantitative estimate of drug-likeness (QED) is 0.773. The van der Waals surface area contributed by atoms with Gasteiger partial charge < -0.3 is 9.67 Å². The zero-order valence-corrected chi connectivity index (χ0v) is 7.64. The molecule has 0 spiro atoms. The molecule has 72 valence electrons. The van der Waals surface area contributed by atoms with Crippen LogP contribution in [0.4, 0.5) is 0 Å². The molecular formula is C9H9N3O2. The summed E-state index contributed by atoms with van der Waals surface area (Å²) in [5.41, 5.74) is 1.42. The smallest absolute Gasteiger partial charge is 0.372 e. The van der Waals surface area contributed by atoms with E-state index in [1.54, 1.807) is 23.0 Å². The molecule has 0 saturated heterocycles. The topological polar surface area (TPSA) is 68.0 Å². The third-order valence-electron chi connectivity index (χ3n) is 2.06. The van der Waals surface area contributed by atoms with Crippen LogP contribution in [0.2, 0.25) is 0 Å². The second-order valence-electron chi connectivity index (χ2n) is 2.85. The van der Waals surface area contributed by atoms with Crippen molar-refractivity contribution in [3.63, 3.8) is 0 Å². The Labute approximate surface area is 80.0 Å². The highest BCUT2D eigenvalue weighted by Gasteiger charge is 2.14. The maximum Gasteiger partial charge on any atom is 0.372 e. The summed E-state index contributed by atoms with van der Waals surface area (Å²) in [6.45, 7) is 2.47. The fourth-order valence-electron chi connectivity index (χ4n) is 1.47. The number of hydrogen-bond acceptors (Lipinski definition) is 3. The number of carbonyl (C=O) groups is 1. The van der Waals surface area contributed by atoms with Crippen LogP contribution in [-0.4, -0.2) is 25.6 Å². The predicted octanol–water partition coefficient (Wildman–Crippen LogP) is 1.15. The van der Waals surface area contributed by atoms with Crippen LogP contribution in [0.25, 0.3) is 11.0 Å². The summed E-state index contributed by atoms with van der Waals surface area (Å²) in [7, 11) is 0. The van der Waals surface area contributed by atoms with E-state index in [9.17, 15) is 4.79 Å². The van der Waals surface area contributed by atoms with E-state index >= 15 is 0 Å². The van der Waals surface area contributed by atoms with Crippen molar-refractivity contribution in [1.82, 2.24) is 14.5 Å². The number of rotatable bonds is 2. The van der Waals surface area contributed by atoms with Gasteiger partial charge in [0.1, 0.15) is 5.52 Å². The third-order valence-corrected chi connectivity index (χ3v) is 2.06. The van der Waals surface area contributed by atoms with Crippen LogP contribution < -0.4 is 0 Å². The highest BCUT2D eigenvalue weighted by atomic mass is 16.4. The van der Waals surface area contributed by atoms with Gasteiger partial charge in [0.2, 0.25) is 5.82 Å². The maximum absolute atomic E-state index is 10.8. The van der Waals surface area contributed by atoms with Gasteiger partial charge in [0, 0.05) is 12.7 Å². The normalized spacial score (nSPS) is 10.6. The zero-order valence-electron chi connectivity index (χ0n) is 7.64. The average molecular weight is 191 g/mol. The van der Waals surface area contributed by atoms with Gasteiger partial charge >= 0.3 is 5.97 Å². The van der Waals surface area contributed by atoms with Crippen molar-refractivity contribution in [2.75, 3.05) is 0 Å². The summed E-state index contributed by atoms with van der Waals surface area (Å²) < 4.78 is 1.65. The minimum atomic E-state index is -1.01. The molecule has 0 unspecified atom stereocenters. The van der Waals surface area contributed by atoms with E-state index in [-0.39, 0.29) is 5.82 Å². The van der Waals surface area contributed by atoms with E-state index < -0.39 is 5.97 Å². The number of pyridine rings is 1. The Morgan fingerprint density at radius 3 is 3.07 bits per heavy atom. The van der Waals surface area contributed by atoms with Crippen LogP contribution in [-0.2, 0) is 6.54 Å². The van der Waals surface area contributed by atoms with Gasteiger partial charge in [0.15, 0.2) is 0 Å². The monoisotopic (exact) mass is 191 g/mol. The number of aromatic carboxylic acids is 1. The molecule has 2 aromatic heterocycles. The molecule has 0 aliphatic heterocycles. The Morgan fingerprint density at radius 2 is 2.43 bits per heavy atom. The van der Waals surface area contributed by atoms with Crippen LogP contribution in [0.3, 0.4) is 0 Å². The molecule has 0 amide bonds. The number of hydrogen-bond donors (Lipinski definition) is 1. The van der Waals surface area contributed by atoms with Crippen LogP contribution in [0.5, 0.6) is 0 Å². The molecule has 2 aromatic rings. The molecule has 5 nitrogen and oxygen atoms in total. The van der Waals surface area contributed by atoms with Gasteiger partial charge in [-0.2, -0.15) is 0 Å². The van der Waals surface area contributed by atoms with E-state index in [2.05, 4.69) is 9.97 Å². The lowest BCUT2D eigenvalue weighted by atomic mass is 10.4. The fraction of sp³-hybridized carbons (Fsp3) is 0.222. The fourth-order valence-corrected chi connectivity index (χ4v) is 1.47. The first-order valence-electron chi connectivity index (χ1n) is 4.27. The van der Waals surface area contributed by atoms with Gasteiger partial charge in [-0.3, -0.25) is 4.98 Å². The van der Waals surface area contributed by atoms with Gasteiger partial charge in [0.05, 0.1) is 11.7 Å². The molecule has 0 fully saturated rings. The van der Waals surface area contributed by atoms with Gasteiger partial charge in [0.25, 0.3) is 0 Å². The van der Waals surface area contributed by atoms with E-state index in [4.69, 9.17) is 5.11 Å². The summed E-state index contributed by atoms with van der Waals surface area (Å²) in [5.74, 6) is -0.946. The highest BCUT2D eigenvalue weighted by molar-refractivity contribution is 5.89. The number of aromatic nitrogens is 3. The van der Waals surface area contributed by atoms with Gasteiger partial charge in [-0.1, -0.05) is 0 Å². The van der Waals surface area contributed by atoms with E-state index in [0.717, 1.165) is 5.52 Å². The molecule has 0 atom stereocenters. The Bertz CT molecular complexity index is 490. The average Bonchev–Trinajstić information content (AvgIpc) is 2.56. The highest BCUT2D eigenvalue weighted by Crippen LogP contribution is 2.14. The van der Waals surface area contributed by atoms with Crippen molar-refractivity contribution in [2.24, 2.45) is 0 Å². The SMILES string of the molecule is CCn1c(C(=O)O)nc2cnccc21. The summed E-state index contributed by atoms with van der Waals surface area (Å²) in [5, 5.41) is 8.89. The molecule has 0 aromatic carbocycles. The van der Waals surface area contributed by atoms with Crippen LogP contribution in [0.1, 0.15) is 17.5 Å². The van der Waals surface area contributed by atoms with Crippen LogP contribution in [0.15, 0.2) is 18.5 Å². The van der Waals surface area contributed by atoms with Crippen molar-refractivity contribution in [3.05, 3.63) is 24.3 Å². The molecular weight excluding hydrogens is 182 g/mol. The largest absolute Gasteiger partial charge is 0.475 e. The van der Waals surface area contributed by atoms with Gasteiger partial charge in [-0.25, -0.2) is 9.78 Å². The van der Waals surface area contributed by atoms with Crippen molar-refractivity contribution >= 4 is 17.0 Å². The second kappa shape index (κ2) is 3.10. The summed E-state index contributed by atoms with van der Waals surface area (Å²) in [6.07, 6.45) is 3.19. The molecule has 1 N–H and O–H groups in total. The lowest BCUT2D eigenvalue weighted by Crippen LogP contribution is -2.08. The van der Waals surface area contributed by atoms with E-state index in [1.807, 2.05) is 6.92 Å². The minimum absolute atomic E-state index is 0.0653. The maximum atomic E-state index is 10.8. The van der Waals surface area contributed by atoms with Crippen LogP contribution >= 0.6 is 0 Å². The number of fused-ring (bicyclic) bond motifs is 1. The number of imidazole rings is 1. The summed E-state index contributed by atoms with van der Waals surface area (Å²) in [6, 6.07) is 1.76. The predicted molar refractivity (Wildman–Crippen MR) is 50.2 cm³/mol. The molecule has 2 rings (SSSR count). The van der Waals surface area contributed by atoms with Crippen molar-refractivity contribution in [1.29, 1.82) is 0 Å². The molecule has 0 saturated carbocycles. The van der Waals surface area contributed by atoms with Crippen molar-refractivity contribution < 1.29 is 9.90 Å². The number of nitrogens with zero attached hydrogens (tertiary/aromatic N) is 3. The molecule has 2 heterocycles. The third kappa shape index (κ3) is 1.14. The molecule has 14 heavy (non-hydrogen) atoms. The second-order valence-corrected chi connectivity index (χ2v) is 2.85. The van der Waals surface area contributed by atoms with Crippen molar-refractivity contribution in [3.8, 4) is 0 Å². The Kier molecular flexibility index (Phi) is 1.92. The van der Waals surface area contributed by atoms with E-state index in [0.29, 0.717) is 12.1 Å². The minimum Gasteiger partial charge on any atom is -0.475 e. The Balaban J connectivity index is 2.78. The first kappa shape index (κ1) is 8.68. The molecule has 0 aliphatic carbocycles. The standard InChI is InChI=1S/C9H9N3O2/c1-2-12-7-3-4-10-5-6(7)11-8(12)9(13)14/h3-5H,2H2,1H3,(H,13,14). The molecule has 0 aliphatic rings. The molecule has 5 heteroatoms. The van der Waals surface area contributed by atoms with Gasteiger partial charge in [-0.15, -0.1) is 0 Å². The first-order chi connectivity index (χ1) is 6.74. The van der Waals surface area contributed by atoms with Crippen molar-refractivity contribution in [2.45, 2.75) is 13.5 Å². The summed E-state index contributed by atoms with van der Waals surface area (Å²) >= 11 is 0. The zero-order chi connectivity index (χ0) is 10.1. The Morgan fingerprint density at radius 1 is 1.64 bits per heavy atom. The van der Waals surface area contributed by atoms with Crippen LogP contribution in [0, 0.1) is 0 Å². The number of aryl methyl sites for hydroxylation is 1. The lowest BCUT2D eigenvalue weighted by Gasteiger charge is -2.00. The Hall–Kier alpha value is -1.91. The first-order valence-corrected chi connectivity index (χ1v) is 4.27. The lowest BCUT2D eigenvalue weighted by molar-refractivity contribution is 0.0679.